The van der Waals surface area contributed by atoms with Crippen LogP contribution in [0.1, 0.15) is 0 Å². The minimum atomic E-state index is -0.657. The molecule has 0 fully saturated rings. The van der Waals surface area contributed by atoms with E-state index in [-0.39, 0.29) is 0 Å². The van der Waals surface area contributed by atoms with E-state index < -0.39 is 6.16 Å². The summed E-state index contributed by atoms with van der Waals surface area (Å²) >= 11 is 0. The molecule has 0 saturated carbocycles. The van der Waals surface area contributed by atoms with Gasteiger partial charge in [-0.25, -0.2) is 4.79 Å². The highest BCUT2D eigenvalue weighted by Crippen LogP contribution is 1.72. The van der Waals surface area contributed by atoms with Gasteiger partial charge in [0.2, 0.25) is 0 Å². The second-order valence-corrected chi connectivity index (χ2v) is 0.658. The molecule has 0 bridgehead atoms. The molecule has 0 aliphatic heterocycles. The van der Waals surface area contributed by atoms with Crippen molar-refractivity contribution in [3.8, 4) is 0 Å². The molecule has 0 aliphatic rings. The summed E-state index contributed by atoms with van der Waals surface area (Å²) in [5, 5.41) is 0. The monoisotopic (exact) mass is 120 g/mol. The third kappa shape index (κ3) is 8.87. The summed E-state index contributed by atoms with van der Waals surface area (Å²) in [6.45, 7) is 2.00. The van der Waals surface area contributed by atoms with Crippen LogP contribution in [0.25, 0.3) is 0 Å². The van der Waals surface area contributed by atoms with Gasteiger partial charge in [-0.15, -0.1) is 0 Å². The Kier molecular flexibility index (Phi) is 11.7. The average Bonchev–Trinajstić information content (AvgIpc) is 1.91. The Hall–Kier alpha value is -1.06. The van der Waals surface area contributed by atoms with Crippen LogP contribution in [0.5, 0.6) is 0 Å². The Morgan fingerprint density at radius 3 is 1.50 bits per heavy atom. The highest BCUT2D eigenvalue weighted by Gasteiger charge is 1.88. The maximum Gasteiger partial charge on any atom is 0.507 e. The Bertz CT molecular complexity index is 55.1. The van der Waals surface area contributed by atoms with Gasteiger partial charge in [0.1, 0.15) is 6.79 Å². The van der Waals surface area contributed by atoms with Crippen LogP contribution in [-0.2, 0) is 14.3 Å². The van der Waals surface area contributed by atoms with Crippen molar-refractivity contribution < 1.29 is 19.1 Å². The van der Waals surface area contributed by atoms with Crippen LogP contribution in [0, 0.1) is 0 Å². The van der Waals surface area contributed by atoms with Gasteiger partial charge >= 0.3 is 6.16 Å². The fourth-order valence-electron chi connectivity index (χ4n) is 0.0833. The standard InChI is InChI=1S/C3H6O3.CH2O/c1-5-3(4)6-2;1-2/h1-2H3;1H2. The first kappa shape index (κ1) is 10.0. The summed E-state index contributed by atoms with van der Waals surface area (Å²) in [5.74, 6) is 0. The lowest BCUT2D eigenvalue weighted by Crippen LogP contribution is -1.97. The van der Waals surface area contributed by atoms with Crippen molar-refractivity contribution in [1.82, 2.24) is 0 Å². The zero-order chi connectivity index (χ0) is 6.99. The van der Waals surface area contributed by atoms with Gasteiger partial charge in [-0.1, -0.05) is 0 Å². The van der Waals surface area contributed by atoms with Gasteiger partial charge in [0, 0.05) is 0 Å². The first-order chi connectivity index (χ1) is 3.81. The van der Waals surface area contributed by atoms with Crippen LogP contribution in [0.4, 0.5) is 4.79 Å². The number of hydrogen-bond donors (Lipinski definition) is 0. The highest BCUT2D eigenvalue weighted by atomic mass is 16.7. The molecular formula is C4H8O4. The smallest absolute Gasteiger partial charge is 0.438 e. The topological polar surface area (TPSA) is 52.6 Å². The summed E-state index contributed by atoms with van der Waals surface area (Å²) in [4.78, 5) is 17.7. The normalized spacial score (nSPS) is 5.75. The second-order valence-electron chi connectivity index (χ2n) is 0.658. The Morgan fingerprint density at radius 1 is 1.25 bits per heavy atom. The lowest BCUT2D eigenvalue weighted by Gasteiger charge is -1.89. The molecule has 4 nitrogen and oxygen atoms in total. The van der Waals surface area contributed by atoms with Gasteiger partial charge in [0.25, 0.3) is 0 Å². The molecule has 0 saturated heterocycles. The highest BCUT2D eigenvalue weighted by molar-refractivity contribution is 5.59. The molecule has 0 N–H and O–H groups in total. The Morgan fingerprint density at radius 2 is 1.50 bits per heavy atom. The van der Waals surface area contributed by atoms with Gasteiger partial charge in [-0.3, -0.25) is 0 Å². The van der Waals surface area contributed by atoms with Crippen LogP contribution in [-0.4, -0.2) is 27.2 Å². The molecule has 0 aromatic rings. The summed E-state index contributed by atoms with van der Waals surface area (Å²) in [6.07, 6.45) is -0.657. The number of carbonyl (C=O) groups excluding carboxylic acids is 2. The van der Waals surface area contributed by atoms with Crippen LogP contribution in [0.3, 0.4) is 0 Å². The van der Waals surface area contributed by atoms with Crippen LogP contribution < -0.4 is 0 Å². The minimum Gasteiger partial charge on any atom is -0.438 e. The minimum absolute atomic E-state index is 0.657. The SMILES string of the molecule is C=O.COC(=O)OC. The molecular weight excluding hydrogens is 112 g/mol. The summed E-state index contributed by atoms with van der Waals surface area (Å²) in [5.41, 5.74) is 0. The Labute approximate surface area is 47.4 Å². The molecule has 0 radical (unpaired) electrons. The molecule has 0 atom stereocenters. The summed E-state index contributed by atoms with van der Waals surface area (Å²) < 4.78 is 8.08. The number of ether oxygens (including phenoxy) is 2. The number of methoxy groups -OCH3 is 2. The van der Waals surface area contributed by atoms with Gasteiger partial charge in [-0.05, 0) is 0 Å². The van der Waals surface area contributed by atoms with E-state index in [0.717, 1.165) is 0 Å². The van der Waals surface area contributed by atoms with E-state index in [9.17, 15) is 4.79 Å². The largest absolute Gasteiger partial charge is 0.507 e. The molecule has 0 aromatic heterocycles. The molecule has 0 spiro atoms. The zero-order valence-electron chi connectivity index (χ0n) is 4.84. The van der Waals surface area contributed by atoms with Gasteiger partial charge in [-0.2, -0.15) is 0 Å². The van der Waals surface area contributed by atoms with E-state index in [1.54, 1.807) is 0 Å². The lowest BCUT2D eigenvalue weighted by atomic mass is 11.3. The van der Waals surface area contributed by atoms with Gasteiger partial charge in [0.15, 0.2) is 0 Å². The van der Waals surface area contributed by atoms with Crippen molar-refractivity contribution in [2.75, 3.05) is 14.2 Å². The molecule has 0 aliphatic carbocycles. The number of carbonyl (C=O) groups is 2. The van der Waals surface area contributed by atoms with Crippen LogP contribution >= 0.6 is 0 Å². The molecule has 48 valence electrons. The second kappa shape index (κ2) is 9.34. The van der Waals surface area contributed by atoms with E-state index in [4.69, 9.17) is 4.79 Å². The lowest BCUT2D eigenvalue weighted by molar-refractivity contribution is -0.0979. The van der Waals surface area contributed by atoms with Crippen molar-refractivity contribution in [2.24, 2.45) is 0 Å². The van der Waals surface area contributed by atoms with Gasteiger partial charge < -0.3 is 14.3 Å². The van der Waals surface area contributed by atoms with Crippen molar-refractivity contribution in [2.45, 2.75) is 0 Å². The Balaban J connectivity index is 0. The predicted molar refractivity (Wildman–Crippen MR) is 26.5 cm³/mol. The van der Waals surface area contributed by atoms with Gasteiger partial charge in [0.05, 0.1) is 14.2 Å². The third-order valence-electron chi connectivity index (χ3n) is 0.333. The van der Waals surface area contributed by atoms with Crippen molar-refractivity contribution in [3.05, 3.63) is 0 Å². The fourth-order valence-corrected chi connectivity index (χ4v) is 0.0833. The van der Waals surface area contributed by atoms with E-state index in [0.29, 0.717) is 0 Å². The third-order valence-corrected chi connectivity index (χ3v) is 0.333. The van der Waals surface area contributed by atoms with E-state index in [2.05, 4.69) is 9.47 Å². The predicted octanol–water partition coefficient (Wildman–Crippen LogP) is 0.214. The van der Waals surface area contributed by atoms with Crippen LogP contribution in [0.2, 0.25) is 0 Å². The zero-order valence-corrected chi connectivity index (χ0v) is 4.84. The molecule has 8 heavy (non-hydrogen) atoms. The maximum absolute atomic E-state index is 9.74. The van der Waals surface area contributed by atoms with E-state index >= 15 is 0 Å². The first-order valence-electron chi connectivity index (χ1n) is 1.72. The maximum atomic E-state index is 9.74. The molecule has 0 heterocycles. The van der Waals surface area contributed by atoms with E-state index in [1.807, 2.05) is 6.79 Å². The quantitative estimate of drug-likeness (QED) is 0.429. The van der Waals surface area contributed by atoms with E-state index in [1.165, 1.54) is 14.2 Å². The molecule has 0 amide bonds. The molecule has 0 aromatic carbocycles. The molecule has 0 rings (SSSR count). The average molecular weight is 120 g/mol. The van der Waals surface area contributed by atoms with Crippen molar-refractivity contribution >= 4 is 12.9 Å². The summed E-state index contributed by atoms with van der Waals surface area (Å²) in [6, 6.07) is 0. The number of hydrogen-bond acceptors (Lipinski definition) is 4. The fraction of sp³-hybridized carbons (Fsp3) is 0.500. The molecule has 4 heteroatoms. The van der Waals surface area contributed by atoms with Crippen molar-refractivity contribution in [1.29, 1.82) is 0 Å². The summed E-state index contributed by atoms with van der Waals surface area (Å²) in [7, 11) is 2.51. The van der Waals surface area contributed by atoms with Crippen LogP contribution in [0.15, 0.2) is 0 Å². The number of rotatable bonds is 0. The first-order valence-corrected chi connectivity index (χ1v) is 1.72. The molecule has 0 unspecified atom stereocenters. The van der Waals surface area contributed by atoms with Crippen molar-refractivity contribution in [3.63, 3.8) is 0 Å².